The summed E-state index contributed by atoms with van der Waals surface area (Å²) in [4.78, 5) is 8.15. The zero-order chi connectivity index (χ0) is 8.97. The van der Waals surface area contributed by atoms with E-state index < -0.39 is 0 Å². The number of hydrogen-bond donors (Lipinski definition) is 0. The van der Waals surface area contributed by atoms with E-state index in [2.05, 4.69) is 16.5 Å². The molecule has 0 saturated heterocycles. The second-order valence-electron chi connectivity index (χ2n) is 2.63. The molecule has 0 spiro atoms. The van der Waals surface area contributed by atoms with Gasteiger partial charge < -0.3 is 0 Å². The lowest BCUT2D eigenvalue weighted by molar-refractivity contribution is 1.08. The van der Waals surface area contributed by atoms with Crippen LogP contribution in [0.4, 0.5) is 0 Å². The van der Waals surface area contributed by atoms with Crippen LogP contribution in [0.3, 0.4) is 0 Å². The number of aromatic nitrogens is 2. The average molecular weight is 160 g/mol. The minimum Gasteiger partial charge on any atom is -0.242 e. The van der Waals surface area contributed by atoms with Gasteiger partial charge in [0, 0.05) is 5.69 Å². The Morgan fingerprint density at radius 2 is 2.25 bits per heavy atom. The number of rotatable bonds is 2. The van der Waals surface area contributed by atoms with Gasteiger partial charge in [0.05, 0.1) is 5.69 Å². The first-order valence-electron chi connectivity index (χ1n) is 3.82. The van der Waals surface area contributed by atoms with Crippen molar-refractivity contribution in [3.8, 4) is 0 Å². The van der Waals surface area contributed by atoms with Crippen molar-refractivity contribution < 1.29 is 0 Å². The summed E-state index contributed by atoms with van der Waals surface area (Å²) >= 11 is 0. The Hall–Kier alpha value is -1.44. The van der Waals surface area contributed by atoms with Crippen molar-refractivity contribution >= 4 is 5.57 Å². The average Bonchev–Trinajstić information content (AvgIpc) is 2.05. The van der Waals surface area contributed by atoms with E-state index in [0.29, 0.717) is 0 Å². The summed E-state index contributed by atoms with van der Waals surface area (Å²) in [6.07, 6.45) is 5.26. The fourth-order valence-electron chi connectivity index (χ4n) is 0.932. The Labute approximate surface area is 72.7 Å². The molecule has 1 rings (SSSR count). The Balaban J connectivity index is 3.03. The topological polar surface area (TPSA) is 25.8 Å². The smallest absolute Gasteiger partial charge is 0.116 e. The quantitative estimate of drug-likeness (QED) is 0.621. The van der Waals surface area contributed by atoms with Gasteiger partial charge in [-0.05, 0) is 25.5 Å². The highest BCUT2D eigenvalue weighted by Gasteiger charge is 1.95. The molecule has 0 fully saturated rings. The second-order valence-corrected chi connectivity index (χ2v) is 2.63. The molecular weight excluding hydrogens is 148 g/mol. The zero-order valence-electron chi connectivity index (χ0n) is 7.41. The van der Waals surface area contributed by atoms with Crippen molar-refractivity contribution in [2.24, 2.45) is 0 Å². The van der Waals surface area contributed by atoms with Gasteiger partial charge in [-0.25, -0.2) is 9.97 Å². The fourth-order valence-corrected chi connectivity index (χ4v) is 0.932. The lowest BCUT2D eigenvalue weighted by atomic mass is 10.2. The van der Waals surface area contributed by atoms with Gasteiger partial charge in [-0.3, -0.25) is 0 Å². The second kappa shape index (κ2) is 3.81. The van der Waals surface area contributed by atoms with E-state index in [4.69, 9.17) is 0 Å². The van der Waals surface area contributed by atoms with Crippen molar-refractivity contribution in [2.45, 2.75) is 13.8 Å². The monoisotopic (exact) mass is 160 g/mol. The molecule has 0 aliphatic heterocycles. The number of aryl methyl sites for hydroxylation is 1. The molecule has 1 heterocycles. The van der Waals surface area contributed by atoms with Crippen molar-refractivity contribution in [1.29, 1.82) is 0 Å². The molecular formula is C10H12N2. The molecule has 2 heteroatoms. The molecule has 2 nitrogen and oxygen atoms in total. The molecule has 0 saturated carbocycles. The van der Waals surface area contributed by atoms with E-state index in [1.165, 1.54) is 0 Å². The minimum absolute atomic E-state index is 0.961. The molecule has 0 aliphatic carbocycles. The molecule has 0 unspecified atom stereocenters. The van der Waals surface area contributed by atoms with Gasteiger partial charge in [-0.2, -0.15) is 0 Å². The van der Waals surface area contributed by atoms with E-state index in [-0.39, 0.29) is 0 Å². The highest BCUT2D eigenvalue weighted by molar-refractivity contribution is 5.61. The van der Waals surface area contributed by atoms with Crippen LogP contribution in [-0.2, 0) is 0 Å². The lowest BCUT2D eigenvalue weighted by Gasteiger charge is -1.98. The minimum atomic E-state index is 0.961. The van der Waals surface area contributed by atoms with Gasteiger partial charge in [0.2, 0.25) is 0 Å². The third-order valence-electron chi connectivity index (χ3n) is 1.58. The SMILES string of the molecule is C=CC=C(C)c1cc(C)ncn1. The summed E-state index contributed by atoms with van der Waals surface area (Å²) in [5, 5.41) is 0. The number of nitrogens with zero attached hydrogens (tertiary/aromatic N) is 2. The highest BCUT2D eigenvalue weighted by Crippen LogP contribution is 2.09. The highest BCUT2D eigenvalue weighted by atomic mass is 14.8. The maximum Gasteiger partial charge on any atom is 0.116 e. The van der Waals surface area contributed by atoms with Crippen molar-refractivity contribution in [2.75, 3.05) is 0 Å². The molecule has 0 aromatic carbocycles. The van der Waals surface area contributed by atoms with E-state index in [0.717, 1.165) is 17.0 Å². The van der Waals surface area contributed by atoms with Gasteiger partial charge >= 0.3 is 0 Å². The predicted molar refractivity (Wildman–Crippen MR) is 50.6 cm³/mol. The fraction of sp³-hybridized carbons (Fsp3) is 0.200. The largest absolute Gasteiger partial charge is 0.242 e. The van der Waals surface area contributed by atoms with Crippen LogP contribution in [0.15, 0.2) is 31.1 Å². The van der Waals surface area contributed by atoms with Gasteiger partial charge in [0.1, 0.15) is 6.33 Å². The molecule has 0 aliphatic rings. The van der Waals surface area contributed by atoms with Crippen LogP contribution in [-0.4, -0.2) is 9.97 Å². The summed E-state index contributed by atoms with van der Waals surface area (Å²) in [5.74, 6) is 0. The Kier molecular flexibility index (Phi) is 2.75. The van der Waals surface area contributed by atoms with Crippen LogP contribution in [0, 0.1) is 6.92 Å². The van der Waals surface area contributed by atoms with Crippen molar-refractivity contribution in [3.05, 3.63) is 42.5 Å². The standard InChI is InChI=1S/C10H12N2/c1-4-5-8(2)10-6-9(3)11-7-12-10/h4-7H,1H2,2-3H3. The van der Waals surface area contributed by atoms with E-state index in [9.17, 15) is 0 Å². The van der Waals surface area contributed by atoms with Crippen LogP contribution < -0.4 is 0 Å². The number of allylic oxidation sites excluding steroid dienone is 3. The van der Waals surface area contributed by atoms with Crippen LogP contribution in [0.5, 0.6) is 0 Å². The normalized spacial score (nSPS) is 11.3. The third-order valence-corrected chi connectivity index (χ3v) is 1.58. The summed E-state index contributed by atoms with van der Waals surface area (Å²) in [6, 6.07) is 1.95. The van der Waals surface area contributed by atoms with Crippen molar-refractivity contribution in [1.82, 2.24) is 9.97 Å². The third kappa shape index (κ3) is 2.02. The molecule has 0 bridgehead atoms. The van der Waals surface area contributed by atoms with Crippen LogP contribution in [0.1, 0.15) is 18.3 Å². The van der Waals surface area contributed by atoms with Gasteiger partial charge in [-0.15, -0.1) is 0 Å². The summed E-state index contributed by atoms with van der Waals surface area (Å²) in [7, 11) is 0. The molecule has 1 aromatic rings. The summed E-state index contributed by atoms with van der Waals surface area (Å²) in [6.45, 7) is 7.58. The van der Waals surface area contributed by atoms with E-state index in [1.54, 1.807) is 12.4 Å². The maximum absolute atomic E-state index is 4.13. The summed E-state index contributed by atoms with van der Waals surface area (Å²) < 4.78 is 0. The van der Waals surface area contributed by atoms with E-state index >= 15 is 0 Å². The van der Waals surface area contributed by atoms with Gasteiger partial charge in [-0.1, -0.05) is 18.7 Å². The first-order valence-corrected chi connectivity index (χ1v) is 3.82. The Morgan fingerprint density at radius 3 is 2.83 bits per heavy atom. The summed E-state index contributed by atoms with van der Waals surface area (Å²) in [5.41, 5.74) is 3.05. The first-order chi connectivity index (χ1) is 5.74. The Bertz CT molecular complexity index is 313. The zero-order valence-corrected chi connectivity index (χ0v) is 7.41. The lowest BCUT2D eigenvalue weighted by Crippen LogP contribution is -1.89. The maximum atomic E-state index is 4.13. The molecule has 0 radical (unpaired) electrons. The molecule has 0 amide bonds. The molecule has 1 aromatic heterocycles. The van der Waals surface area contributed by atoms with Gasteiger partial charge in [0.25, 0.3) is 0 Å². The Morgan fingerprint density at radius 1 is 1.50 bits per heavy atom. The first kappa shape index (κ1) is 8.65. The molecule has 12 heavy (non-hydrogen) atoms. The van der Waals surface area contributed by atoms with Crippen LogP contribution >= 0.6 is 0 Å². The van der Waals surface area contributed by atoms with Gasteiger partial charge in [0.15, 0.2) is 0 Å². The molecule has 0 atom stereocenters. The molecule has 0 N–H and O–H groups in total. The van der Waals surface area contributed by atoms with E-state index in [1.807, 2.05) is 26.0 Å². The molecule has 62 valence electrons. The van der Waals surface area contributed by atoms with Crippen molar-refractivity contribution in [3.63, 3.8) is 0 Å². The predicted octanol–water partition coefficient (Wildman–Crippen LogP) is 2.37. The van der Waals surface area contributed by atoms with Crippen LogP contribution in [0.25, 0.3) is 5.57 Å². The van der Waals surface area contributed by atoms with Crippen LogP contribution in [0.2, 0.25) is 0 Å². The number of hydrogen-bond acceptors (Lipinski definition) is 2.